The van der Waals surface area contributed by atoms with Crippen LogP contribution in [0.5, 0.6) is 0 Å². The van der Waals surface area contributed by atoms with Gasteiger partial charge in [-0.15, -0.1) is 0 Å². The lowest BCUT2D eigenvalue weighted by molar-refractivity contribution is -0.139. The predicted octanol–water partition coefficient (Wildman–Crippen LogP) is 5.14. The van der Waals surface area contributed by atoms with Crippen molar-refractivity contribution >= 4 is 29.4 Å². The fraction of sp³-hybridized carbons (Fsp3) is 0.517. The van der Waals surface area contributed by atoms with E-state index in [1.807, 2.05) is 60.3 Å². The molecule has 1 aliphatic heterocycles. The fourth-order valence-corrected chi connectivity index (χ4v) is 5.81. The largest absolute Gasteiger partial charge is 0.416 e. The average Bonchev–Trinajstić information content (AvgIpc) is 3.35. The number of amides is 2. The zero-order chi connectivity index (χ0) is 28.6. The van der Waals surface area contributed by atoms with Crippen molar-refractivity contribution in [2.75, 3.05) is 36.7 Å². The third kappa shape index (κ3) is 8.89. The Hall–Kier alpha value is -2.72. The van der Waals surface area contributed by atoms with Crippen molar-refractivity contribution in [1.29, 1.82) is 0 Å². The van der Waals surface area contributed by atoms with Crippen LogP contribution in [0.25, 0.3) is 0 Å². The van der Waals surface area contributed by atoms with Crippen LogP contribution in [0.3, 0.4) is 0 Å². The van der Waals surface area contributed by atoms with E-state index in [9.17, 15) is 22.8 Å². The molecule has 0 radical (unpaired) electrons. The molecule has 2 amide bonds. The van der Waals surface area contributed by atoms with Crippen molar-refractivity contribution in [2.45, 2.75) is 58.3 Å². The number of anilines is 1. The van der Waals surface area contributed by atoms with E-state index in [4.69, 9.17) is 0 Å². The minimum Gasteiger partial charge on any atom is -0.343 e. The highest BCUT2D eigenvalue weighted by molar-refractivity contribution is 8.00. The van der Waals surface area contributed by atoms with Crippen LogP contribution in [0, 0.1) is 5.41 Å². The molecular formula is C29H39F3N4O2S. The second-order valence-corrected chi connectivity index (χ2v) is 11.9. The van der Waals surface area contributed by atoms with Gasteiger partial charge in [0.05, 0.1) is 12.1 Å². The van der Waals surface area contributed by atoms with Crippen LogP contribution in [-0.2, 0) is 22.2 Å². The Morgan fingerprint density at radius 1 is 1.08 bits per heavy atom. The summed E-state index contributed by atoms with van der Waals surface area (Å²) in [5.41, 5.74) is 0.674. The van der Waals surface area contributed by atoms with E-state index >= 15 is 0 Å². The normalized spacial score (nSPS) is 16.7. The summed E-state index contributed by atoms with van der Waals surface area (Å²) in [6.45, 7) is 7.15. The first-order chi connectivity index (χ1) is 18.4. The molecule has 0 bridgehead atoms. The van der Waals surface area contributed by atoms with Gasteiger partial charge in [-0.05, 0) is 73.5 Å². The van der Waals surface area contributed by atoms with E-state index in [-0.39, 0.29) is 24.4 Å². The zero-order valence-electron chi connectivity index (χ0n) is 23.1. The SMILES string of the molecule is CNCC(=O)NC(C(=O)N1CCCC1CSN(CCc1ccccc1)c1ccc(C(F)(F)F)cc1)C(C)(C)C. The maximum Gasteiger partial charge on any atom is 0.416 e. The monoisotopic (exact) mass is 564 g/mol. The number of carbonyl (C=O) groups is 2. The molecule has 0 spiro atoms. The second-order valence-electron chi connectivity index (χ2n) is 10.9. The Bertz CT molecular complexity index is 1070. The van der Waals surface area contributed by atoms with Crippen molar-refractivity contribution in [3.05, 3.63) is 65.7 Å². The maximum absolute atomic E-state index is 13.7. The van der Waals surface area contributed by atoms with E-state index in [0.29, 0.717) is 24.5 Å². The molecule has 2 atom stereocenters. The van der Waals surface area contributed by atoms with E-state index in [1.165, 1.54) is 24.1 Å². The minimum absolute atomic E-state index is 0.0396. The van der Waals surface area contributed by atoms with Gasteiger partial charge >= 0.3 is 6.18 Å². The average molecular weight is 565 g/mol. The van der Waals surface area contributed by atoms with Crippen molar-refractivity contribution in [2.24, 2.45) is 5.41 Å². The van der Waals surface area contributed by atoms with Gasteiger partial charge in [0.15, 0.2) is 0 Å². The number of carbonyl (C=O) groups excluding carboxylic acids is 2. The molecule has 10 heteroatoms. The standard InChI is InChI=1S/C29H39F3N4O2S/c1-28(2,3)26(34-25(37)19-33-4)27(38)35-17-8-11-24(35)20-39-36(18-16-21-9-6-5-7-10-21)23-14-12-22(13-15-23)29(30,31)32/h5-7,9-10,12-15,24,26,33H,8,11,16-20H2,1-4H3,(H,34,37). The summed E-state index contributed by atoms with van der Waals surface area (Å²) in [4.78, 5) is 27.8. The molecule has 2 N–H and O–H groups in total. The van der Waals surface area contributed by atoms with Gasteiger partial charge in [-0.2, -0.15) is 13.2 Å². The predicted molar refractivity (Wildman–Crippen MR) is 151 cm³/mol. The Morgan fingerprint density at radius 3 is 2.33 bits per heavy atom. The fourth-order valence-electron chi connectivity index (χ4n) is 4.62. The van der Waals surface area contributed by atoms with E-state index in [0.717, 1.165) is 37.0 Å². The Morgan fingerprint density at radius 2 is 1.74 bits per heavy atom. The molecule has 6 nitrogen and oxygen atoms in total. The van der Waals surface area contributed by atoms with E-state index in [2.05, 4.69) is 10.6 Å². The van der Waals surface area contributed by atoms with Crippen LogP contribution in [0.4, 0.5) is 18.9 Å². The second kappa shape index (κ2) is 13.6. The summed E-state index contributed by atoms with van der Waals surface area (Å²) in [5, 5.41) is 5.72. The summed E-state index contributed by atoms with van der Waals surface area (Å²) in [6, 6.07) is 14.5. The number of rotatable bonds is 11. The number of hydrogen-bond acceptors (Lipinski definition) is 5. The lowest BCUT2D eigenvalue weighted by atomic mass is 9.85. The molecule has 0 saturated carbocycles. The molecule has 2 unspecified atom stereocenters. The lowest BCUT2D eigenvalue weighted by Gasteiger charge is -2.36. The van der Waals surface area contributed by atoms with Gasteiger partial charge in [0.2, 0.25) is 11.8 Å². The van der Waals surface area contributed by atoms with Crippen LogP contribution in [0.15, 0.2) is 54.6 Å². The molecule has 0 aromatic heterocycles. The summed E-state index contributed by atoms with van der Waals surface area (Å²) in [6.07, 6.45) is -1.97. The van der Waals surface area contributed by atoms with Crippen LogP contribution < -0.4 is 14.9 Å². The van der Waals surface area contributed by atoms with E-state index in [1.54, 1.807) is 7.05 Å². The van der Waals surface area contributed by atoms with Gasteiger partial charge in [-0.3, -0.25) is 9.59 Å². The Kier molecular flexibility index (Phi) is 10.7. The van der Waals surface area contributed by atoms with Gasteiger partial charge < -0.3 is 19.8 Å². The number of likely N-dealkylation sites (tertiary alicyclic amines) is 1. The first kappa shape index (κ1) is 30.8. The van der Waals surface area contributed by atoms with E-state index < -0.39 is 23.2 Å². The van der Waals surface area contributed by atoms with Crippen LogP contribution in [0.1, 0.15) is 44.7 Å². The highest BCUT2D eigenvalue weighted by Crippen LogP contribution is 2.33. The number of halogens is 3. The molecule has 1 aliphatic rings. The number of nitrogens with zero attached hydrogens (tertiary/aromatic N) is 2. The molecule has 2 aromatic rings. The van der Waals surface area contributed by atoms with Crippen molar-refractivity contribution in [1.82, 2.24) is 15.5 Å². The van der Waals surface area contributed by atoms with Gasteiger partial charge in [0.1, 0.15) is 6.04 Å². The number of alkyl halides is 3. The van der Waals surface area contributed by atoms with Gasteiger partial charge in [-0.25, -0.2) is 0 Å². The van der Waals surface area contributed by atoms with Crippen molar-refractivity contribution < 1.29 is 22.8 Å². The van der Waals surface area contributed by atoms with Crippen LogP contribution in [0.2, 0.25) is 0 Å². The van der Waals surface area contributed by atoms with Gasteiger partial charge in [-0.1, -0.05) is 51.1 Å². The van der Waals surface area contributed by atoms with Crippen LogP contribution in [-0.4, -0.2) is 61.2 Å². The zero-order valence-corrected chi connectivity index (χ0v) is 23.9. The molecule has 1 saturated heterocycles. The number of benzene rings is 2. The molecular weight excluding hydrogens is 525 g/mol. The third-order valence-corrected chi connectivity index (χ3v) is 8.01. The molecule has 39 heavy (non-hydrogen) atoms. The van der Waals surface area contributed by atoms with Crippen molar-refractivity contribution in [3.8, 4) is 0 Å². The summed E-state index contributed by atoms with van der Waals surface area (Å²) in [5.74, 6) is 0.272. The highest BCUT2D eigenvalue weighted by Gasteiger charge is 2.39. The van der Waals surface area contributed by atoms with Crippen molar-refractivity contribution in [3.63, 3.8) is 0 Å². The number of hydrogen-bond donors (Lipinski definition) is 2. The molecule has 1 fully saturated rings. The highest BCUT2D eigenvalue weighted by atomic mass is 32.2. The number of nitrogens with one attached hydrogen (secondary N) is 2. The first-order valence-corrected chi connectivity index (χ1v) is 14.2. The quantitative estimate of drug-likeness (QED) is 0.370. The summed E-state index contributed by atoms with van der Waals surface area (Å²) >= 11 is 1.53. The summed E-state index contributed by atoms with van der Waals surface area (Å²) < 4.78 is 41.5. The Balaban J connectivity index is 1.74. The van der Waals surface area contributed by atoms with Crippen LogP contribution >= 0.6 is 11.9 Å². The lowest BCUT2D eigenvalue weighted by Crippen LogP contribution is -2.57. The molecule has 2 aromatic carbocycles. The molecule has 214 valence electrons. The van der Waals surface area contributed by atoms with Gasteiger partial charge in [0.25, 0.3) is 0 Å². The maximum atomic E-state index is 13.7. The first-order valence-electron chi connectivity index (χ1n) is 13.3. The molecule has 3 rings (SSSR count). The Labute approximate surface area is 233 Å². The number of likely N-dealkylation sites (N-methyl/N-ethyl adjacent to an activating group) is 1. The summed E-state index contributed by atoms with van der Waals surface area (Å²) in [7, 11) is 1.68. The minimum atomic E-state index is -4.39. The molecule has 1 heterocycles. The molecule has 0 aliphatic carbocycles. The topological polar surface area (TPSA) is 64.7 Å². The van der Waals surface area contributed by atoms with Gasteiger partial charge in [0, 0.05) is 30.6 Å². The third-order valence-electron chi connectivity index (χ3n) is 6.77. The smallest absolute Gasteiger partial charge is 0.343 e.